The maximum absolute atomic E-state index is 15.0. The molecule has 4 rings (SSSR count). The Morgan fingerprint density at radius 1 is 1.06 bits per heavy atom. The van der Waals surface area contributed by atoms with Gasteiger partial charge in [0, 0.05) is 23.6 Å². The lowest BCUT2D eigenvalue weighted by molar-refractivity contribution is -0.136. The fraction of sp³-hybridized carbons (Fsp3) is 0.125. The Bertz CT molecular complexity index is 1460. The van der Waals surface area contributed by atoms with Gasteiger partial charge in [-0.15, -0.1) is 0 Å². The first-order chi connectivity index (χ1) is 15.7. The topological polar surface area (TPSA) is 85.6 Å². The molecule has 0 bridgehead atoms. The monoisotopic (exact) mass is 471 g/mol. The molecule has 0 aliphatic heterocycles. The van der Waals surface area contributed by atoms with Gasteiger partial charge in [0.15, 0.2) is 11.6 Å². The largest absolute Gasteiger partial charge is 0.497 e. The summed E-state index contributed by atoms with van der Waals surface area (Å²) in [5, 5.41) is 9.52. The van der Waals surface area contributed by atoms with Crippen LogP contribution < -0.4 is 4.74 Å². The highest BCUT2D eigenvalue weighted by atomic mass is 32.2. The molecule has 0 radical (unpaired) electrons. The van der Waals surface area contributed by atoms with E-state index in [0.717, 1.165) is 10.0 Å². The summed E-state index contributed by atoms with van der Waals surface area (Å²) in [6.07, 6.45) is 1.06. The molecule has 1 N–H and O–H groups in total. The fourth-order valence-electron chi connectivity index (χ4n) is 3.74. The number of carboxylic acid groups (broad SMARTS) is 1. The van der Waals surface area contributed by atoms with Crippen LogP contribution in [0.25, 0.3) is 22.0 Å². The average molecular weight is 471 g/mol. The van der Waals surface area contributed by atoms with Crippen molar-refractivity contribution in [3.8, 4) is 16.9 Å². The van der Waals surface area contributed by atoms with E-state index in [0.29, 0.717) is 22.3 Å². The predicted octanol–water partition coefficient (Wildman–Crippen LogP) is 4.85. The van der Waals surface area contributed by atoms with Gasteiger partial charge in [-0.05, 0) is 47.9 Å². The van der Waals surface area contributed by atoms with Crippen molar-refractivity contribution in [2.24, 2.45) is 0 Å². The third kappa shape index (κ3) is 4.07. The number of carbonyl (C=O) groups is 1. The number of hydrogen-bond acceptors (Lipinski definition) is 4. The van der Waals surface area contributed by atoms with Gasteiger partial charge < -0.3 is 9.84 Å². The molecule has 1 heterocycles. The molecule has 0 spiro atoms. The molecule has 9 heteroatoms. The lowest BCUT2D eigenvalue weighted by atomic mass is 10.1. The van der Waals surface area contributed by atoms with E-state index in [1.165, 1.54) is 31.5 Å². The van der Waals surface area contributed by atoms with E-state index in [2.05, 4.69) is 0 Å². The second kappa shape index (κ2) is 8.67. The summed E-state index contributed by atoms with van der Waals surface area (Å²) >= 11 is 0. The molecule has 0 aliphatic rings. The van der Waals surface area contributed by atoms with Crippen LogP contribution in [0, 0.1) is 11.6 Å². The zero-order valence-corrected chi connectivity index (χ0v) is 18.3. The average Bonchev–Trinajstić information content (AvgIpc) is 3.18. The number of carboxylic acids is 1. The zero-order chi connectivity index (χ0) is 23.8. The lowest BCUT2D eigenvalue weighted by Gasteiger charge is -2.14. The quantitative estimate of drug-likeness (QED) is 0.417. The highest BCUT2D eigenvalue weighted by Gasteiger charge is 2.30. The third-order valence-corrected chi connectivity index (χ3v) is 7.06. The van der Waals surface area contributed by atoms with E-state index in [-0.39, 0.29) is 23.9 Å². The van der Waals surface area contributed by atoms with Crippen molar-refractivity contribution in [3.05, 3.63) is 84.1 Å². The summed E-state index contributed by atoms with van der Waals surface area (Å²) in [4.78, 5) is 10.3. The van der Waals surface area contributed by atoms with Gasteiger partial charge in [0.05, 0.1) is 12.6 Å². The van der Waals surface area contributed by atoms with Crippen LogP contribution in [0.3, 0.4) is 0 Å². The Morgan fingerprint density at radius 2 is 1.79 bits per heavy atom. The summed E-state index contributed by atoms with van der Waals surface area (Å²) in [5.41, 5.74) is 1.03. The van der Waals surface area contributed by atoms with Gasteiger partial charge in [-0.3, -0.25) is 4.79 Å². The van der Waals surface area contributed by atoms with Gasteiger partial charge in [-0.1, -0.05) is 30.3 Å². The maximum atomic E-state index is 15.0. The predicted molar refractivity (Wildman–Crippen MR) is 119 cm³/mol. The number of rotatable bonds is 7. The molecular weight excluding hydrogens is 452 g/mol. The minimum Gasteiger partial charge on any atom is -0.497 e. The smallest absolute Gasteiger partial charge is 0.303 e. The lowest BCUT2D eigenvalue weighted by Crippen LogP contribution is -2.16. The van der Waals surface area contributed by atoms with E-state index in [9.17, 15) is 17.6 Å². The SMILES string of the molecule is COc1ccc2c(c1)c(CCC(=O)O)cn2S(=O)(=O)c1c(-c2ccccc2)ccc(F)c1F. The number of aliphatic carboxylic acids is 1. The van der Waals surface area contributed by atoms with E-state index >= 15 is 4.39 Å². The molecule has 4 aromatic rings. The van der Waals surface area contributed by atoms with Crippen molar-refractivity contribution in [2.45, 2.75) is 17.7 Å². The van der Waals surface area contributed by atoms with E-state index in [1.807, 2.05) is 0 Å². The van der Waals surface area contributed by atoms with Gasteiger partial charge in [-0.25, -0.2) is 21.2 Å². The molecule has 0 saturated carbocycles. The first kappa shape index (κ1) is 22.5. The first-order valence-electron chi connectivity index (χ1n) is 9.93. The van der Waals surface area contributed by atoms with Crippen LogP contribution in [-0.4, -0.2) is 30.6 Å². The van der Waals surface area contributed by atoms with Crippen molar-refractivity contribution in [2.75, 3.05) is 7.11 Å². The summed E-state index contributed by atoms with van der Waals surface area (Å²) in [6, 6.07) is 14.9. The number of aryl methyl sites for hydroxylation is 1. The van der Waals surface area contributed by atoms with Crippen LogP contribution in [0.5, 0.6) is 5.75 Å². The van der Waals surface area contributed by atoms with Gasteiger partial charge in [0.2, 0.25) is 0 Å². The molecule has 0 atom stereocenters. The second-order valence-corrected chi connectivity index (χ2v) is 9.09. The first-order valence-corrected chi connectivity index (χ1v) is 11.4. The summed E-state index contributed by atoms with van der Waals surface area (Å²) in [6.45, 7) is 0. The Labute approximate surface area is 188 Å². The van der Waals surface area contributed by atoms with Crippen LogP contribution in [0.1, 0.15) is 12.0 Å². The molecule has 6 nitrogen and oxygen atoms in total. The van der Waals surface area contributed by atoms with E-state index in [4.69, 9.17) is 9.84 Å². The molecule has 170 valence electrons. The number of halogens is 2. The Hall–Kier alpha value is -3.72. The summed E-state index contributed by atoms with van der Waals surface area (Å²) in [5.74, 6) is -3.39. The standard InChI is InChI=1S/C24H19F2NO5S/c1-32-17-8-11-21-19(13-17)16(7-12-22(28)29)14-27(21)33(30,31)24-18(9-10-20(25)23(24)26)15-5-3-2-4-6-15/h2-6,8-11,13-14H,7,12H2,1H3,(H,28,29). The van der Waals surface area contributed by atoms with Crippen LogP contribution >= 0.6 is 0 Å². The van der Waals surface area contributed by atoms with Gasteiger partial charge in [0.25, 0.3) is 10.0 Å². The summed E-state index contributed by atoms with van der Waals surface area (Å²) in [7, 11) is -3.18. The normalized spacial score (nSPS) is 11.6. The van der Waals surface area contributed by atoms with Crippen molar-refractivity contribution >= 4 is 26.9 Å². The molecule has 3 aromatic carbocycles. The number of ether oxygens (including phenoxy) is 1. The number of methoxy groups -OCH3 is 1. The number of fused-ring (bicyclic) bond motifs is 1. The highest BCUT2D eigenvalue weighted by molar-refractivity contribution is 7.90. The Morgan fingerprint density at radius 3 is 2.45 bits per heavy atom. The fourth-order valence-corrected chi connectivity index (χ4v) is 5.41. The van der Waals surface area contributed by atoms with E-state index in [1.54, 1.807) is 36.4 Å². The van der Waals surface area contributed by atoms with Crippen LogP contribution in [0.2, 0.25) is 0 Å². The molecular formula is C24H19F2NO5S. The molecule has 0 amide bonds. The Kier molecular flexibility index (Phi) is 5.90. The molecule has 0 fully saturated rings. The number of aromatic nitrogens is 1. The zero-order valence-electron chi connectivity index (χ0n) is 17.5. The van der Waals surface area contributed by atoms with Crippen molar-refractivity contribution in [1.29, 1.82) is 0 Å². The molecule has 0 unspecified atom stereocenters. The number of hydrogen-bond donors (Lipinski definition) is 1. The number of nitrogens with zero attached hydrogens (tertiary/aromatic N) is 1. The van der Waals surface area contributed by atoms with Crippen molar-refractivity contribution in [1.82, 2.24) is 3.97 Å². The minimum absolute atomic E-state index is 0.0111. The molecule has 0 aliphatic carbocycles. The highest BCUT2D eigenvalue weighted by Crippen LogP contribution is 2.35. The van der Waals surface area contributed by atoms with Gasteiger partial charge in [0.1, 0.15) is 10.6 Å². The molecule has 33 heavy (non-hydrogen) atoms. The van der Waals surface area contributed by atoms with Gasteiger partial charge in [-0.2, -0.15) is 0 Å². The minimum atomic E-state index is -4.62. The van der Waals surface area contributed by atoms with Crippen LogP contribution in [-0.2, 0) is 21.2 Å². The molecule has 0 saturated heterocycles. The molecule has 1 aromatic heterocycles. The second-order valence-electron chi connectivity index (χ2n) is 7.34. The number of benzene rings is 3. The van der Waals surface area contributed by atoms with E-state index < -0.39 is 32.5 Å². The van der Waals surface area contributed by atoms with Crippen molar-refractivity contribution < 1.29 is 31.8 Å². The Balaban J connectivity index is 1.99. The van der Waals surface area contributed by atoms with Crippen molar-refractivity contribution in [3.63, 3.8) is 0 Å². The van der Waals surface area contributed by atoms with Gasteiger partial charge >= 0.3 is 5.97 Å². The summed E-state index contributed by atoms with van der Waals surface area (Å²) < 4.78 is 62.8. The van der Waals surface area contributed by atoms with Crippen LogP contribution in [0.15, 0.2) is 71.8 Å². The maximum Gasteiger partial charge on any atom is 0.303 e. The van der Waals surface area contributed by atoms with Crippen LogP contribution in [0.4, 0.5) is 8.78 Å². The third-order valence-electron chi connectivity index (χ3n) is 5.32.